The maximum Gasteiger partial charge on any atom is 0.257 e. The third kappa shape index (κ3) is 4.92. The molecule has 1 fully saturated rings. The van der Waals surface area contributed by atoms with E-state index >= 15 is 0 Å². The number of hydrogen-bond donors (Lipinski definition) is 1. The normalized spacial score (nSPS) is 17.5. The fraction of sp³-hybridized carbons (Fsp3) is 0.296. The number of hydrogen-bond acceptors (Lipinski definition) is 8. The first-order valence-corrected chi connectivity index (χ1v) is 14.0. The summed E-state index contributed by atoms with van der Waals surface area (Å²) in [5.74, 6) is -0.178. The molecule has 2 aliphatic heterocycles. The molecule has 1 saturated heterocycles. The number of nitrogens with one attached hydrogen (secondary N) is 1. The van der Waals surface area contributed by atoms with Crippen molar-refractivity contribution in [1.82, 2.24) is 24.4 Å². The Morgan fingerprint density at radius 2 is 1.95 bits per heavy atom. The predicted octanol–water partition coefficient (Wildman–Crippen LogP) is 4.88. The number of carbonyl (C=O) groups is 2. The number of nitrogens with zero attached hydrogens (tertiary/aromatic N) is 5. The monoisotopic (exact) mass is 530 g/mol. The Morgan fingerprint density at radius 1 is 1.08 bits per heavy atom. The molecule has 8 nitrogen and oxygen atoms in total. The van der Waals surface area contributed by atoms with Gasteiger partial charge in [-0.1, -0.05) is 28.8 Å². The van der Waals surface area contributed by atoms with Crippen molar-refractivity contribution in [2.24, 2.45) is 0 Å². The van der Waals surface area contributed by atoms with Gasteiger partial charge in [0.2, 0.25) is 0 Å². The number of anilines is 1. The lowest BCUT2D eigenvalue weighted by molar-refractivity contribution is 0.0735. The summed E-state index contributed by atoms with van der Waals surface area (Å²) in [6, 6.07) is 15.1. The highest BCUT2D eigenvalue weighted by molar-refractivity contribution is 7.15. The van der Waals surface area contributed by atoms with Crippen LogP contribution in [0.5, 0.6) is 0 Å². The average Bonchev–Trinajstić information content (AvgIpc) is 3.69. The maximum atomic E-state index is 13.4. The van der Waals surface area contributed by atoms with Crippen LogP contribution in [0.15, 0.2) is 53.9 Å². The standard InChI is InChI=1S/C27H26N6O2S2/c1-32-13-11-21-24(15-32)37-27(28-21)29-25(34)20-5-2-4-19(14-20)23-6-3-12-33(23)26(35)18-9-7-17(8-10-18)22-16-36-31-30-22/h2,4-5,7-10,14,16,23H,3,6,11-13,15H2,1H3,(H,28,29,34). The Labute approximate surface area is 223 Å². The number of carbonyl (C=O) groups excluding carboxylic acids is 2. The smallest absolute Gasteiger partial charge is 0.257 e. The van der Waals surface area contributed by atoms with Crippen molar-refractivity contribution < 1.29 is 9.59 Å². The van der Waals surface area contributed by atoms with Gasteiger partial charge in [0.1, 0.15) is 5.69 Å². The highest BCUT2D eigenvalue weighted by atomic mass is 32.1. The van der Waals surface area contributed by atoms with Crippen molar-refractivity contribution in [1.29, 1.82) is 0 Å². The van der Waals surface area contributed by atoms with Crippen LogP contribution in [0.3, 0.4) is 0 Å². The van der Waals surface area contributed by atoms with Crippen LogP contribution in [-0.2, 0) is 13.0 Å². The quantitative estimate of drug-likeness (QED) is 0.396. The number of benzene rings is 2. The summed E-state index contributed by atoms with van der Waals surface area (Å²) in [6.45, 7) is 2.54. The second kappa shape index (κ2) is 10.1. The van der Waals surface area contributed by atoms with Crippen molar-refractivity contribution >= 4 is 39.8 Å². The van der Waals surface area contributed by atoms with E-state index in [1.807, 2.05) is 58.8 Å². The van der Waals surface area contributed by atoms with Gasteiger partial charge in [0.25, 0.3) is 11.8 Å². The van der Waals surface area contributed by atoms with Crippen LogP contribution >= 0.6 is 22.9 Å². The summed E-state index contributed by atoms with van der Waals surface area (Å²) in [6.07, 6.45) is 2.70. The number of rotatable bonds is 5. The number of fused-ring (bicyclic) bond motifs is 1. The molecule has 0 aliphatic carbocycles. The third-order valence-electron chi connectivity index (χ3n) is 6.98. The van der Waals surface area contributed by atoms with Gasteiger partial charge in [-0.3, -0.25) is 14.9 Å². The van der Waals surface area contributed by atoms with Crippen molar-refractivity contribution in [3.63, 3.8) is 0 Å². The first kappa shape index (κ1) is 23.9. The van der Waals surface area contributed by atoms with Crippen molar-refractivity contribution in [3.8, 4) is 11.3 Å². The number of aromatic nitrogens is 3. The van der Waals surface area contributed by atoms with Crippen LogP contribution in [0.2, 0.25) is 0 Å². The van der Waals surface area contributed by atoms with Crippen molar-refractivity contribution in [2.45, 2.75) is 31.8 Å². The van der Waals surface area contributed by atoms with E-state index in [1.165, 1.54) is 16.4 Å². The first-order chi connectivity index (χ1) is 18.0. The molecule has 10 heteroatoms. The highest BCUT2D eigenvalue weighted by Gasteiger charge is 2.31. The SMILES string of the molecule is CN1CCc2nc(NC(=O)c3cccc(C4CCCN4C(=O)c4ccc(-c5csnn5)cc4)c3)sc2C1. The summed E-state index contributed by atoms with van der Waals surface area (Å²) < 4.78 is 3.91. The van der Waals surface area contributed by atoms with Gasteiger partial charge in [0.05, 0.1) is 11.7 Å². The van der Waals surface area contributed by atoms with E-state index in [1.54, 1.807) is 11.3 Å². The van der Waals surface area contributed by atoms with Crippen LogP contribution in [0.25, 0.3) is 11.3 Å². The minimum Gasteiger partial charge on any atom is -0.332 e. The van der Waals surface area contributed by atoms with Crippen LogP contribution in [0.1, 0.15) is 55.7 Å². The summed E-state index contributed by atoms with van der Waals surface area (Å²) >= 11 is 2.85. The Bertz CT molecular complexity index is 1430. The lowest BCUT2D eigenvalue weighted by atomic mass is 10.0. The number of likely N-dealkylation sites (N-methyl/N-ethyl adjacent to an activating group) is 1. The second-order valence-electron chi connectivity index (χ2n) is 9.48. The molecule has 0 spiro atoms. The van der Waals surface area contributed by atoms with Gasteiger partial charge >= 0.3 is 0 Å². The fourth-order valence-electron chi connectivity index (χ4n) is 5.03. The van der Waals surface area contributed by atoms with Gasteiger partial charge in [-0.2, -0.15) is 0 Å². The molecule has 1 atom stereocenters. The molecule has 2 amide bonds. The van der Waals surface area contributed by atoms with Gasteiger partial charge < -0.3 is 9.80 Å². The fourth-order valence-corrected chi connectivity index (χ4v) is 6.58. The molecule has 0 saturated carbocycles. The molecule has 2 aromatic heterocycles. The average molecular weight is 531 g/mol. The highest BCUT2D eigenvalue weighted by Crippen LogP contribution is 2.34. The van der Waals surface area contributed by atoms with Crippen molar-refractivity contribution in [3.05, 3.63) is 81.2 Å². The molecule has 6 rings (SSSR count). The van der Waals surface area contributed by atoms with Gasteiger partial charge in [-0.15, -0.1) is 16.4 Å². The van der Waals surface area contributed by atoms with E-state index in [0.717, 1.165) is 54.9 Å². The molecule has 2 aromatic carbocycles. The Kier molecular flexibility index (Phi) is 6.54. The third-order valence-corrected chi connectivity index (χ3v) is 8.48. The molecule has 1 unspecified atom stereocenters. The zero-order chi connectivity index (χ0) is 25.4. The van der Waals surface area contributed by atoms with E-state index in [0.29, 0.717) is 22.8 Å². The largest absolute Gasteiger partial charge is 0.332 e. The van der Waals surface area contributed by atoms with Crippen LogP contribution in [0, 0.1) is 0 Å². The molecular weight excluding hydrogens is 504 g/mol. The molecule has 4 heterocycles. The van der Waals surface area contributed by atoms with Crippen LogP contribution < -0.4 is 5.32 Å². The van der Waals surface area contributed by atoms with Crippen molar-refractivity contribution in [2.75, 3.05) is 25.5 Å². The summed E-state index contributed by atoms with van der Waals surface area (Å²) in [5, 5.41) is 9.61. The van der Waals surface area contributed by atoms with E-state index in [9.17, 15) is 9.59 Å². The Hall–Kier alpha value is -3.47. The van der Waals surface area contributed by atoms with E-state index in [-0.39, 0.29) is 17.9 Å². The second-order valence-corrected chi connectivity index (χ2v) is 11.2. The lowest BCUT2D eigenvalue weighted by Gasteiger charge is -2.25. The van der Waals surface area contributed by atoms with Gasteiger partial charge in [0.15, 0.2) is 5.13 Å². The first-order valence-electron chi connectivity index (χ1n) is 12.3. The molecule has 188 valence electrons. The van der Waals surface area contributed by atoms with Crippen LogP contribution in [-0.4, -0.2) is 56.3 Å². The summed E-state index contributed by atoms with van der Waals surface area (Å²) in [5.41, 5.74) is 5.03. The number of likely N-dealkylation sites (tertiary alicyclic amines) is 1. The molecular formula is C27H26N6O2S2. The van der Waals surface area contributed by atoms with Gasteiger partial charge in [-0.25, -0.2) is 4.98 Å². The van der Waals surface area contributed by atoms with Gasteiger partial charge in [-0.05, 0) is 61.3 Å². The molecule has 2 aliphatic rings. The zero-order valence-electron chi connectivity index (χ0n) is 20.4. The zero-order valence-corrected chi connectivity index (χ0v) is 22.0. The minimum absolute atomic E-state index is 0.00126. The Balaban J connectivity index is 1.17. The van der Waals surface area contributed by atoms with Crippen LogP contribution in [0.4, 0.5) is 5.13 Å². The predicted molar refractivity (Wildman–Crippen MR) is 145 cm³/mol. The van der Waals surface area contributed by atoms with E-state index in [4.69, 9.17) is 0 Å². The van der Waals surface area contributed by atoms with E-state index < -0.39 is 0 Å². The van der Waals surface area contributed by atoms with E-state index in [2.05, 4.69) is 31.8 Å². The molecule has 1 N–H and O–H groups in total. The maximum absolute atomic E-state index is 13.4. The number of amides is 2. The molecule has 0 bridgehead atoms. The lowest BCUT2D eigenvalue weighted by Crippen LogP contribution is -2.30. The molecule has 4 aromatic rings. The summed E-state index contributed by atoms with van der Waals surface area (Å²) in [4.78, 5) is 36.5. The number of thiazole rings is 1. The molecule has 0 radical (unpaired) electrons. The minimum atomic E-state index is -0.177. The van der Waals surface area contributed by atoms with Gasteiger partial charge in [0, 0.05) is 53.0 Å². The Morgan fingerprint density at radius 3 is 2.76 bits per heavy atom. The molecule has 37 heavy (non-hydrogen) atoms. The topological polar surface area (TPSA) is 91.3 Å². The summed E-state index contributed by atoms with van der Waals surface area (Å²) in [7, 11) is 2.10.